The monoisotopic (exact) mass is 260 g/mol. The van der Waals surface area contributed by atoms with Crippen molar-refractivity contribution in [2.45, 2.75) is 26.2 Å². The third kappa shape index (κ3) is 4.92. The molecule has 1 rings (SSSR count). The number of amides is 1. The molecule has 4 nitrogen and oxygen atoms in total. The zero-order valence-corrected chi connectivity index (χ0v) is 11.2. The molecule has 1 amide bonds. The van der Waals surface area contributed by atoms with Gasteiger partial charge in [0.05, 0.1) is 5.56 Å². The third-order valence-electron chi connectivity index (χ3n) is 2.63. The average Bonchev–Trinajstić information content (AvgIpc) is 2.42. The Morgan fingerprint density at radius 2 is 2.26 bits per heavy atom. The van der Waals surface area contributed by atoms with E-state index in [1.807, 2.05) is 0 Å². The summed E-state index contributed by atoms with van der Waals surface area (Å²) in [6.45, 7) is 2.89. The number of terminal acetylenes is 1. The van der Waals surface area contributed by atoms with Crippen LogP contribution in [0.3, 0.4) is 0 Å². The van der Waals surface area contributed by atoms with Crippen LogP contribution in [0.2, 0.25) is 0 Å². The molecule has 0 spiro atoms. The van der Waals surface area contributed by atoms with E-state index in [4.69, 9.17) is 16.9 Å². The molecule has 1 aromatic carbocycles. The summed E-state index contributed by atoms with van der Waals surface area (Å²) in [7, 11) is 0. The first-order valence-corrected chi connectivity index (χ1v) is 6.43. The van der Waals surface area contributed by atoms with E-state index < -0.39 is 0 Å². The average molecular weight is 260 g/mol. The van der Waals surface area contributed by atoms with Gasteiger partial charge in [-0.1, -0.05) is 25.7 Å². The number of nitrogen functional groups attached to an aromatic ring is 1. The number of hydrogen-bond acceptors (Lipinski definition) is 3. The van der Waals surface area contributed by atoms with Crippen LogP contribution in [0.15, 0.2) is 18.2 Å². The van der Waals surface area contributed by atoms with E-state index in [1.165, 1.54) is 0 Å². The van der Waals surface area contributed by atoms with E-state index in [-0.39, 0.29) is 12.5 Å². The number of nitrogens with two attached hydrogens (primary N) is 1. The van der Waals surface area contributed by atoms with Crippen molar-refractivity contribution in [3.63, 3.8) is 0 Å². The second-order valence-corrected chi connectivity index (χ2v) is 4.21. The highest BCUT2D eigenvalue weighted by atomic mass is 16.5. The molecule has 1 aromatic rings. The predicted molar refractivity (Wildman–Crippen MR) is 77.0 cm³/mol. The lowest BCUT2D eigenvalue weighted by Crippen LogP contribution is -2.25. The van der Waals surface area contributed by atoms with Crippen molar-refractivity contribution in [3.8, 4) is 18.1 Å². The fourth-order valence-corrected chi connectivity index (χ4v) is 1.64. The minimum atomic E-state index is -0.185. The summed E-state index contributed by atoms with van der Waals surface area (Å²) < 4.78 is 5.34. The molecule has 0 fully saturated rings. The molecule has 0 saturated heterocycles. The molecule has 0 atom stereocenters. The third-order valence-corrected chi connectivity index (χ3v) is 2.63. The lowest BCUT2D eigenvalue weighted by molar-refractivity contribution is 0.0949. The molecule has 102 valence electrons. The molecule has 0 unspecified atom stereocenters. The van der Waals surface area contributed by atoms with Crippen LogP contribution in [0.5, 0.6) is 5.75 Å². The number of nitrogens with one attached hydrogen (secondary N) is 1. The van der Waals surface area contributed by atoms with Crippen LogP contribution < -0.4 is 15.8 Å². The summed E-state index contributed by atoms with van der Waals surface area (Å²) in [4.78, 5) is 12.0. The van der Waals surface area contributed by atoms with Gasteiger partial charge < -0.3 is 15.8 Å². The summed E-state index contributed by atoms with van der Waals surface area (Å²) in [5, 5.41) is 2.85. The Bertz CT molecular complexity index is 464. The number of ether oxygens (including phenoxy) is 1. The topological polar surface area (TPSA) is 64.3 Å². The first-order chi connectivity index (χ1) is 9.19. The Morgan fingerprint density at radius 3 is 2.95 bits per heavy atom. The molecule has 0 heterocycles. The van der Waals surface area contributed by atoms with Crippen molar-refractivity contribution in [2.75, 3.05) is 18.9 Å². The van der Waals surface area contributed by atoms with Gasteiger partial charge in [0.15, 0.2) is 0 Å². The Hall–Kier alpha value is -2.15. The molecule has 0 bridgehead atoms. The molecule has 0 radical (unpaired) electrons. The Kier molecular flexibility index (Phi) is 6.31. The van der Waals surface area contributed by atoms with Crippen molar-refractivity contribution in [2.24, 2.45) is 0 Å². The number of anilines is 1. The molecule has 0 saturated carbocycles. The zero-order valence-electron chi connectivity index (χ0n) is 11.2. The smallest absolute Gasteiger partial charge is 0.255 e. The number of benzene rings is 1. The maximum absolute atomic E-state index is 12.0. The van der Waals surface area contributed by atoms with Gasteiger partial charge in [0.2, 0.25) is 0 Å². The fourth-order valence-electron chi connectivity index (χ4n) is 1.64. The molecular weight excluding hydrogens is 240 g/mol. The molecular formula is C15H20N2O2. The molecule has 3 N–H and O–H groups in total. The van der Waals surface area contributed by atoms with Crippen molar-refractivity contribution in [1.29, 1.82) is 0 Å². The highest BCUT2D eigenvalue weighted by Gasteiger charge is 2.12. The van der Waals surface area contributed by atoms with Gasteiger partial charge >= 0.3 is 0 Å². The normalized spacial score (nSPS) is 9.68. The van der Waals surface area contributed by atoms with Crippen LogP contribution in [0.25, 0.3) is 0 Å². The first kappa shape index (κ1) is 14.9. The van der Waals surface area contributed by atoms with Gasteiger partial charge in [-0.3, -0.25) is 4.79 Å². The highest BCUT2D eigenvalue weighted by Crippen LogP contribution is 2.21. The van der Waals surface area contributed by atoms with Crippen molar-refractivity contribution in [1.82, 2.24) is 5.32 Å². The summed E-state index contributed by atoms with van der Waals surface area (Å²) in [6.07, 6.45) is 8.32. The SMILES string of the molecule is C#CCOc1ccc(N)cc1C(=O)NCCCCC. The summed E-state index contributed by atoms with van der Waals surface area (Å²) >= 11 is 0. The van der Waals surface area contributed by atoms with Gasteiger partial charge in [-0.2, -0.15) is 0 Å². The van der Waals surface area contributed by atoms with Crippen LogP contribution in [0.1, 0.15) is 36.5 Å². The van der Waals surface area contributed by atoms with E-state index in [1.54, 1.807) is 18.2 Å². The van der Waals surface area contributed by atoms with E-state index in [0.29, 0.717) is 23.5 Å². The fraction of sp³-hybridized carbons (Fsp3) is 0.400. The largest absolute Gasteiger partial charge is 0.480 e. The van der Waals surface area contributed by atoms with Crippen LogP contribution in [0.4, 0.5) is 5.69 Å². The van der Waals surface area contributed by atoms with Gasteiger partial charge in [-0.25, -0.2) is 0 Å². The predicted octanol–water partition coefficient (Wildman–Crippen LogP) is 2.20. The molecule has 0 aliphatic heterocycles. The lowest BCUT2D eigenvalue weighted by atomic mass is 10.1. The van der Waals surface area contributed by atoms with Crippen LogP contribution in [0, 0.1) is 12.3 Å². The highest BCUT2D eigenvalue weighted by molar-refractivity contribution is 5.97. The van der Waals surface area contributed by atoms with Crippen molar-refractivity contribution < 1.29 is 9.53 Å². The summed E-state index contributed by atoms with van der Waals surface area (Å²) in [5.41, 5.74) is 6.64. The van der Waals surface area contributed by atoms with Gasteiger partial charge in [-0.05, 0) is 24.6 Å². The van der Waals surface area contributed by atoms with Crippen molar-refractivity contribution >= 4 is 11.6 Å². The van der Waals surface area contributed by atoms with Gasteiger partial charge in [0, 0.05) is 12.2 Å². The Balaban J connectivity index is 2.70. The minimum Gasteiger partial charge on any atom is -0.480 e. The zero-order chi connectivity index (χ0) is 14.1. The van der Waals surface area contributed by atoms with Crippen LogP contribution in [-0.4, -0.2) is 19.1 Å². The lowest BCUT2D eigenvalue weighted by Gasteiger charge is -2.11. The van der Waals surface area contributed by atoms with E-state index in [9.17, 15) is 4.79 Å². The van der Waals surface area contributed by atoms with Gasteiger partial charge in [0.1, 0.15) is 12.4 Å². The van der Waals surface area contributed by atoms with Crippen LogP contribution >= 0.6 is 0 Å². The molecule has 4 heteroatoms. The number of rotatable bonds is 7. The maximum Gasteiger partial charge on any atom is 0.255 e. The Morgan fingerprint density at radius 1 is 1.47 bits per heavy atom. The molecule has 0 aromatic heterocycles. The van der Waals surface area contributed by atoms with E-state index in [2.05, 4.69) is 18.2 Å². The second-order valence-electron chi connectivity index (χ2n) is 4.21. The van der Waals surface area contributed by atoms with Crippen molar-refractivity contribution in [3.05, 3.63) is 23.8 Å². The Labute approximate surface area is 114 Å². The van der Waals surface area contributed by atoms with Gasteiger partial charge in [-0.15, -0.1) is 6.42 Å². The van der Waals surface area contributed by atoms with Gasteiger partial charge in [0.25, 0.3) is 5.91 Å². The quantitative estimate of drug-likeness (QED) is 0.449. The van der Waals surface area contributed by atoms with E-state index >= 15 is 0 Å². The second kappa shape index (κ2) is 8.04. The number of unbranched alkanes of at least 4 members (excludes halogenated alkanes) is 2. The molecule has 0 aliphatic carbocycles. The number of carbonyl (C=O) groups is 1. The summed E-state index contributed by atoms with van der Waals surface area (Å²) in [6, 6.07) is 4.94. The first-order valence-electron chi connectivity index (χ1n) is 6.43. The van der Waals surface area contributed by atoms with E-state index in [0.717, 1.165) is 19.3 Å². The summed E-state index contributed by atoms with van der Waals surface area (Å²) in [5.74, 6) is 2.65. The number of hydrogen-bond donors (Lipinski definition) is 2. The maximum atomic E-state index is 12.0. The minimum absolute atomic E-state index is 0.125. The number of carbonyl (C=O) groups excluding carboxylic acids is 1. The molecule has 19 heavy (non-hydrogen) atoms. The van der Waals surface area contributed by atoms with Crippen LogP contribution in [-0.2, 0) is 0 Å². The standard InChI is InChI=1S/C15H20N2O2/c1-3-5-6-9-17-15(18)13-11-12(16)7-8-14(13)19-10-4-2/h2,7-8,11H,3,5-6,9-10,16H2,1H3,(H,17,18). The molecule has 0 aliphatic rings.